The Morgan fingerprint density at radius 3 is 2.65 bits per heavy atom. The van der Waals surface area contributed by atoms with E-state index >= 15 is 0 Å². The highest BCUT2D eigenvalue weighted by molar-refractivity contribution is 5.49. The first-order valence-corrected chi connectivity index (χ1v) is 5.95. The molecule has 1 heterocycles. The predicted octanol–water partition coefficient (Wildman–Crippen LogP) is 0.651. The third-order valence-electron chi connectivity index (χ3n) is 2.94. The van der Waals surface area contributed by atoms with Crippen LogP contribution in [-0.4, -0.2) is 27.2 Å². The van der Waals surface area contributed by atoms with Gasteiger partial charge in [0.25, 0.3) is 0 Å². The maximum Gasteiger partial charge on any atom is 0.145 e. The van der Waals surface area contributed by atoms with Gasteiger partial charge in [-0.05, 0) is 19.3 Å². The summed E-state index contributed by atoms with van der Waals surface area (Å²) in [7, 11) is 0. The lowest BCUT2D eigenvalue weighted by atomic mass is 10.3. The molecule has 0 radical (unpaired) electrons. The Kier molecular flexibility index (Phi) is 3.44. The summed E-state index contributed by atoms with van der Waals surface area (Å²) in [4.78, 5) is 8.68. The minimum Gasteiger partial charge on any atom is -0.394 e. The van der Waals surface area contributed by atoms with E-state index in [2.05, 4.69) is 27.6 Å². The molecule has 0 aliphatic heterocycles. The van der Waals surface area contributed by atoms with Gasteiger partial charge in [-0.3, -0.25) is 0 Å². The Morgan fingerprint density at radius 1 is 1.41 bits per heavy atom. The number of nitrogens with one attached hydrogen (secondary N) is 2. The third-order valence-corrected chi connectivity index (χ3v) is 2.94. The van der Waals surface area contributed by atoms with Crippen molar-refractivity contribution in [3.63, 3.8) is 0 Å². The van der Waals surface area contributed by atoms with Crippen LogP contribution in [0.2, 0.25) is 0 Å². The van der Waals surface area contributed by atoms with Crippen LogP contribution >= 0.6 is 0 Å². The fourth-order valence-electron chi connectivity index (χ4n) is 1.72. The number of hydrogen-bond donors (Lipinski definition) is 4. The van der Waals surface area contributed by atoms with Gasteiger partial charge in [0, 0.05) is 12.5 Å². The van der Waals surface area contributed by atoms with Crippen LogP contribution in [0.25, 0.3) is 0 Å². The summed E-state index contributed by atoms with van der Waals surface area (Å²) in [6, 6.07) is 1.76. The van der Waals surface area contributed by atoms with Crippen LogP contribution in [0.5, 0.6) is 0 Å². The lowest BCUT2D eigenvalue weighted by molar-refractivity contribution is 0.266. The van der Waals surface area contributed by atoms with E-state index in [1.165, 1.54) is 0 Å². The van der Waals surface area contributed by atoms with Gasteiger partial charge in [-0.25, -0.2) is 15.8 Å². The molecule has 1 aromatic heterocycles. The molecule has 6 nitrogen and oxygen atoms in total. The van der Waals surface area contributed by atoms with Crippen LogP contribution in [0.1, 0.15) is 32.0 Å². The van der Waals surface area contributed by atoms with Gasteiger partial charge < -0.3 is 15.8 Å². The first-order chi connectivity index (χ1) is 8.21. The molecule has 1 saturated carbocycles. The van der Waals surface area contributed by atoms with Crippen molar-refractivity contribution >= 4 is 11.6 Å². The monoisotopic (exact) mass is 237 g/mol. The smallest absolute Gasteiger partial charge is 0.145 e. The van der Waals surface area contributed by atoms with Crippen LogP contribution < -0.4 is 16.6 Å². The molecule has 0 amide bonds. The van der Waals surface area contributed by atoms with Crippen LogP contribution in [0.4, 0.5) is 11.6 Å². The van der Waals surface area contributed by atoms with Gasteiger partial charge >= 0.3 is 0 Å². The number of hydrazine groups is 1. The quantitative estimate of drug-likeness (QED) is 0.428. The highest BCUT2D eigenvalue weighted by atomic mass is 16.3. The van der Waals surface area contributed by atoms with Crippen LogP contribution in [0.3, 0.4) is 0 Å². The molecule has 1 aromatic rings. The van der Waals surface area contributed by atoms with Gasteiger partial charge in [0.05, 0.1) is 12.1 Å². The Labute approximate surface area is 101 Å². The number of nitrogens with two attached hydrogens (primary N) is 1. The molecule has 94 valence electrons. The average Bonchev–Trinajstić information content (AvgIpc) is 3.09. The molecule has 0 atom stereocenters. The number of aromatic nitrogens is 2. The second-order valence-electron chi connectivity index (χ2n) is 4.51. The van der Waals surface area contributed by atoms with Gasteiger partial charge in [0.2, 0.25) is 0 Å². The van der Waals surface area contributed by atoms with Gasteiger partial charge in [-0.2, -0.15) is 0 Å². The molecular formula is C11H19N5O. The molecule has 0 aromatic carbocycles. The van der Waals surface area contributed by atoms with Crippen molar-refractivity contribution in [2.75, 3.05) is 17.3 Å². The summed E-state index contributed by atoms with van der Waals surface area (Å²) in [5.74, 6) is 7.46. The van der Waals surface area contributed by atoms with E-state index in [0.717, 1.165) is 37.3 Å². The van der Waals surface area contributed by atoms with Crippen LogP contribution in [0, 0.1) is 0 Å². The Morgan fingerprint density at radius 2 is 2.12 bits per heavy atom. The van der Waals surface area contributed by atoms with E-state index in [0.29, 0.717) is 5.82 Å². The number of anilines is 2. The number of hydrogen-bond acceptors (Lipinski definition) is 6. The van der Waals surface area contributed by atoms with Crippen molar-refractivity contribution in [1.82, 2.24) is 9.97 Å². The normalized spacial score (nSPS) is 16.6. The molecule has 1 aliphatic rings. The summed E-state index contributed by atoms with van der Waals surface area (Å²) >= 11 is 0. The first kappa shape index (κ1) is 12.1. The highest BCUT2D eigenvalue weighted by Crippen LogP contribution is 2.38. The van der Waals surface area contributed by atoms with E-state index in [4.69, 9.17) is 5.84 Å². The molecule has 6 heteroatoms. The molecule has 0 spiro atoms. The molecular weight excluding hydrogens is 218 g/mol. The fraction of sp³-hybridized carbons (Fsp3) is 0.636. The van der Waals surface area contributed by atoms with Crippen LogP contribution in [-0.2, 0) is 6.42 Å². The lowest BCUT2D eigenvalue weighted by Crippen LogP contribution is -2.26. The Balaban J connectivity index is 2.17. The molecule has 0 saturated heterocycles. The van der Waals surface area contributed by atoms with Crippen LogP contribution in [0.15, 0.2) is 6.07 Å². The van der Waals surface area contributed by atoms with E-state index in [1.54, 1.807) is 6.07 Å². The zero-order valence-electron chi connectivity index (χ0n) is 10.0. The number of aliphatic hydroxyl groups is 1. The molecule has 1 aliphatic carbocycles. The zero-order chi connectivity index (χ0) is 12.3. The Bertz CT molecular complexity index is 391. The number of nitrogens with zero attached hydrogens (tertiary/aromatic N) is 2. The van der Waals surface area contributed by atoms with Crippen molar-refractivity contribution in [1.29, 1.82) is 0 Å². The topological polar surface area (TPSA) is 96.1 Å². The minimum atomic E-state index is -0.177. The average molecular weight is 237 g/mol. The lowest BCUT2D eigenvalue weighted by Gasteiger charge is -2.16. The molecule has 5 N–H and O–H groups in total. The van der Waals surface area contributed by atoms with E-state index < -0.39 is 0 Å². The molecule has 0 unspecified atom stereocenters. The summed E-state index contributed by atoms with van der Waals surface area (Å²) < 4.78 is 0. The maximum absolute atomic E-state index is 9.27. The summed E-state index contributed by atoms with van der Waals surface area (Å²) in [5, 5.41) is 12.5. The minimum absolute atomic E-state index is 0.130. The highest BCUT2D eigenvalue weighted by Gasteiger charge is 2.42. The van der Waals surface area contributed by atoms with Gasteiger partial charge in [-0.15, -0.1) is 0 Å². The number of rotatable bonds is 6. The van der Waals surface area contributed by atoms with E-state index in [1.807, 2.05) is 0 Å². The zero-order valence-corrected chi connectivity index (χ0v) is 10.0. The number of aliphatic hydroxyl groups excluding tert-OH is 1. The molecule has 1 fully saturated rings. The van der Waals surface area contributed by atoms with Crippen molar-refractivity contribution in [3.05, 3.63) is 11.9 Å². The third kappa shape index (κ3) is 2.83. The van der Waals surface area contributed by atoms with Crippen molar-refractivity contribution < 1.29 is 5.11 Å². The molecule has 0 bridgehead atoms. The summed E-state index contributed by atoms with van der Waals surface area (Å²) in [6.45, 7) is 2.21. The van der Waals surface area contributed by atoms with Gasteiger partial charge in [0.1, 0.15) is 17.5 Å². The summed E-state index contributed by atoms with van der Waals surface area (Å²) in [6.07, 6.45) is 3.75. The van der Waals surface area contributed by atoms with Gasteiger partial charge in [0.15, 0.2) is 0 Å². The number of nitrogen functional groups attached to an aromatic ring is 1. The van der Waals surface area contributed by atoms with E-state index in [9.17, 15) is 5.11 Å². The van der Waals surface area contributed by atoms with E-state index in [-0.39, 0.29) is 12.1 Å². The SMILES string of the molecule is CCCc1nc(NN)cc(NC2(CO)CC2)n1. The standard InChI is InChI=1S/C11H19N5O/c1-2-3-8-13-9(6-10(14-8)16-12)15-11(7-17)4-5-11/h6,17H,2-5,7,12H2,1H3,(H2,13,14,15,16). The van der Waals surface area contributed by atoms with Crippen molar-refractivity contribution in [2.45, 2.75) is 38.1 Å². The second kappa shape index (κ2) is 4.85. The maximum atomic E-state index is 9.27. The molecule has 2 rings (SSSR count). The second-order valence-corrected chi connectivity index (χ2v) is 4.51. The van der Waals surface area contributed by atoms with Crippen molar-refractivity contribution in [3.8, 4) is 0 Å². The number of aryl methyl sites for hydroxylation is 1. The predicted molar refractivity (Wildman–Crippen MR) is 66.5 cm³/mol. The molecule has 17 heavy (non-hydrogen) atoms. The first-order valence-electron chi connectivity index (χ1n) is 5.95. The van der Waals surface area contributed by atoms with Gasteiger partial charge in [-0.1, -0.05) is 6.92 Å². The van der Waals surface area contributed by atoms with Crippen molar-refractivity contribution in [2.24, 2.45) is 5.84 Å². The largest absolute Gasteiger partial charge is 0.394 e. The fourth-order valence-corrected chi connectivity index (χ4v) is 1.72. The summed E-state index contributed by atoms with van der Waals surface area (Å²) in [5.41, 5.74) is 2.36. The Hall–Kier alpha value is -1.40.